The maximum absolute atomic E-state index is 11.6. The van der Waals surface area contributed by atoms with E-state index in [1.54, 1.807) is 17.4 Å². The van der Waals surface area contributed by atoms with Crippen LogP contribution in [-0.2, 0) is 0 Å². The van der Waals surface area contributed by atoms with Gasteiger partial charge in [-0.3, -0.25) is 10.1 Å². The van der Waals surface area contributed by atoms with E-state index in [4.69, 9.17) is 0 Å². The van der Waals surface area contributed by atoms with Gasteiger partial charge in [-0.05, 0) is 63.3 Å². The van der Waals surface area contributed by atoms with Crippen molar-refractivity contribution in [2.24, 2.45) is 0 Å². The molecule has 3 aromatic rings. The second kappa shape index (κ2) is 6.51. The first-order valence-corrected chi connectivity index (χ1v) is 10.7. The van der Waals surface area contributed by atoms with Gasteiger partial charge in [0.2, 0.25) is 0 Å². The van der Waals surface area contributed by atoms with Crippen molar-refractivity contribution in [3.8, 4) is 0 Å². The van der Waals surface area contributed by atoms with Crippen molar-refractivity contribution in [1.82, 2.24) is 0 Å². The van der Waals surface area contributed by atoms with E-state index in [9.17, 15) is 15.2 Å². The summed E-state index contributed by atoms with van der Waals surface area (Å²) in [6.45, 7) is 4.16. The Morgan fingerprint density at radius 1 is 1.26 bits per heavy atom. The standard InChI is InChI=1S/C20H15Br2NO3S/c1-10-11(2)27-19-16(10)17(13-5-3-4-6-14(13)18(19)21)12-7-8-15(24)20(22,9-12)23(25)26/h3-9,15,24H,1-2H3. The zero-order valence-corrected chi connectivity index (χ0v) is 18.5. The van der Waals surface area contributed by atoms with E-state index in [0.717, 1.165) is 42.0 Å². The van der Waals surface area contributed by atoms with E-state index < -0.39 is 15.5 Å². The molecule has 1 heterocycles. The first-order chi connectivity index (χ1) is 12.8. The largest absolute Gasteiger partial charge is 0.380 e. The summed E-state index contributed by atoms with van der Waals surface area (Å²) in [6, 6.07) is 8.03. The number of thiophene rings is 1. The molecule has 0 aliphatic heterocycles. The first kappa shape index (κ1) is 18.8. The second-order valence-corrected chi connectivity index (χ2v) is 9.90. The molecule has 0 saturated carbocycles. The summed E-state index contributed by atoms with van der Waals surface area (Å²) in [6.07, 6.45) is 3.53. The highest BCUT2D eigenvalue weighted by Crippen LogP contribution is 2.47. The predicted octanol–water partition coefficient (Wildman–Crippen LogP) is 6.12. The lowest BCUT2D eigenvalue weighted by molar-refractivity contribution is -0.530. The number of hydrogen-bond acceptors (Lipinski definition) is 4. The summed E-state index contributed by atoms with van der Waals surface area (Å²) in [5, 5.41) is 25.0. The number of nitrogens with zero attached hydrogens (tertiary/aromatic N) is 1. The molecule has 27 heavy (non-hydrogen) atoms. The molecule has 0 amide bonds. The number of rotatable bonds is 2. The number of allylic oxidation sites excluding steroid dienone is 2. The summed E-state index contributed by atoms with van der Waals surface area (Å²) in [5.41, 5.74) is 2.85. The highest BCUT2D eigenvalue weighted by atomic mass is 79.9. The molecule has 4 rings (SSSR count). The molecular weight excluding hydrogens is 494 g/mol. The average molecular weight is 509 g/mol. The number of aliphatic hydroxyl groups excluding tert-OH is 1. The van der Waals surface area contributed by atoms with Crippen LogP contribution in [0.4, 0.5) is 0 Å². The summed E-state index contributed by atoms with van der Waals surface area (Å²) in [7, 11) is 0. The van der Waals surface area contributed by atoms with Crippen LogP contribution < -0.4 is 0 Å². The van der Waals surface area contributed by atoms with Crippen molar-refractivity contribution < 1.29 is 10.0 Å². The SMILES string of the molecule is Cc1sc2c(Br)c3ccccc3c(C3=CC(Br)([N+](=O)[O-])C(O)C=C3)c2c1C. The Kier molecular flexibility index (Phi) is 4.54. The smallest absolute Gasteiger partial charge is 0.322 e. The Morgan fingerprint density at radius 3 is 2.59 bits per heavy atom. The molecule has 2 atom stereocenters. The number of nitro groups is 1. The minimum absolute atomic E-state index is 0.495. The number of alkyl halides is 1. The Morgan fingerprint density at radius 2 is 1.93 bits per heavy atom. The lowest BCUT2D eigenvalue weighted by Crippen LogP contribution is -2.42. The van der Waals surface area contributed by atoms with Crippen LogP contribution in [0.3, 0.4) is 0 Å². The maximum atomic E-state index is 11.6. The highest BCUT2D eigenvalue weighted by molar-refractivity contribution is 9.11. The zero-order valence-electron chi connectivity index (χ0n) is 14.5. The van der Waals surface area contributed by atoms with Gasteiger partial charge in [-0.15, -0.1) is 11.3 Å². The van der Waals surface area contributed by atoms with Crippen LogP contribution in [0.25, 0.3) is 26.4 Å². The third-order valence-electron chi connectivity index (χ3n) is 5.07. The van der Waals surface area contributed by atoms with Crippen LogP contribution in [0.1, 0.15) is 16.0 Å². The van der Waals surface area contributed by atoms with Crippen molar-refractivity contribution in [2.75, 3.05) is 0 Å². The fourth-order valence-electron chi connectivity index (χ4n) is 3.53. The monoisotopic (exact) mass is 507 g/mol. The Hall–Kier alpha value is -1.54. The maximum Gasteiger partial charge on any atom is 0.322 e. The molecule has 1 N–H and O–H groups in total. The lowest BCUT2D eigenvalue weighted by Gasteiger charge is -2.24. The van der Waals surface area contributed by atoms with Gasteiger partial charge < -0.3 is 5.11 Å². The van der Waals surface area contributed by atoms with Gasteiger partial charge in [-0.25, -0.2) is 0 Å². The molecule has 7 heteroatoms. The van der Waals surface area contributed by atoms with Gasteiger partial charge in [0.1, 0.15) is 0 Å². The van der Waals surface area contributed by atoms with Crippen LogP contribution in [0, 0.1) is 24.0 Å². The topological polar surface area (TPSA) is 63.4 Å². The van der Waals surface area contributed by atoms with E-state index in [1.165, 1.54) is 17.0 Å². The molecule has 1 aliphatic carbocycles. The molecule has 2 aromatic carbocycles. The fraction of sp³-hybridized carbons (Fsp3) is 0.200. The van der Waals surface area contributed by atoms with Gasteiger partial charge in [0.15, 0.2) is 6.10 Å². The highest BCUT2D eigenvalue weighted by Gasteiger charge is 2.46. The minimum atomic E-state index is -1.74. The van der Waals surface area contributed by atoms with Crippen molar-refractivity contribution in [1.29, 1.82) is 0 Å². The Labute approximate surface area is 176 Å². The molecule has 1 aliphatic rings. The van der Waals surface area contributed by atoms with Gasteiger partial charge in [0.25, 0.3) is 0 Å². The predicted molar refractivity (Wildman–Crippen MR) is 118 cm³/mol. The number of aryl methyl sites for hydroxylation is 2. The quantitative estimate of drug-likeness (QED) is 0.196. The fourth-order valence-corrected chi connectivity index (χ4v) is 5.83. The Bertz CT molecular complexity index is 1180. The number of hydrogen-bond donors (Lipinski definition) is 1. The Balaban J connectivity index is 2.17. The van der Waals surface area contributed by atoms with Crippen LogP contribution in [0.2, 0.25) is 0 Å². The van der Waals surface area contributed by atoms with Crippen LogP contribution in [-0.4, -0.2) is 20.6 Å². The number of halogens is 2. The minimum Gasteiger partial charge on any atom is -0.380 e. The van der Waals surface area contributed by atoms with E-state index in [-0.39, 0.29) is 0 Å². The first-order valence-electron chi connectivity index (χ1n) is 8.28. The van der Waals surface area contributed by atoms with Crippen molar-refractivity contribution >= 4 is 69.6 Å². The normalized spacial score (nSPS) is 22.4. The van der Waals surface area contributed by atoms with Crippen LogP contribution >= 0.6 is 43.2 Å². The number of benzene rings is 2. The molecule has 0 bridgehead atoms. The van der Waals surface area contributed by atoms with Crippen molar-refractivity contribution in [2.45, 2.75) is 24.4 Å². The van der Waals surface area contributed by atoms with Gasteiger partial charge in [0, 0.05) is 41.7 Å². The van der Waals surface area contributed by atoms with Gasteiger partial charge in [-0.1, -0.05) is 30.3 Å². The molecular formula is C20H15Br2NO3S. The summed E-state index contributed by atoms with van der Waals surface area (Å²) in [4.78, 5) is 12.3. The molecule has 0 fully saturated rings. The van der Waals surface area contributed by atoms with Gasteiger partial charge in [-0.2, -0.15) is 0 Å². The van der Waals surface area contributed by atoms with E-state index in [1.807, 2.05) is 24.3 Å². The molecule has 1 aromatic heterocycles. The van der Waals surface area contributed by atoms with Crippen molar-refractivity contribution in [3.05, 3.63) is 73.1 Å². The van der Waals surface area contributed by atoms with Gasteiger partial charge in [0.05, 0.1) is 4.70 Å². The molecule has 0 spiro atoms. The third-order valence-corrected chi connectivity index (χ3v) is 8.37. The third kappa shape index (κ3) is 2.71. The second-order valence-electron chi connectivity index (χ2n) is 6.61. The summed E-state index contributed by atoms with van der Waals surface area (Å²) < 4.78 is 0.426. The summed E-state index contributed by atoms with van der Waals surface area (Å²) in [5.74, 6) is 0. The molecule has 138 valence electrons. The van der Waals surface area contributed by atoms with Gasteiger partial charge >= 0.3 is 4.45 Å². The number of aliphatic hydroxyl groups is 1. The van der Waals surface area contributed by atoms with Crippen LogP contribution in [0.15, 0.2) is 47.0 Å². The lowest BCUT2D eigenvalue weighted by atomic mass is 9.88. The molecule has 4 nitrogen and oxygen atoms in total. The molecule has 0 radical (unpaired) electrons. The van der Waals surface area contributed by atoms with E-state index >= 15 is 0 Å². The van der Waals surface area contributed by atoms with Crippen LogP contribution in [0.5, 0.6) is 0 Å². The zero-order chi connectivity index (χ0) is 19.5. The molecule has 0 saturated heterocycles. The average Bonchev–Trinajstić information content (AvgIpc) is 2.94. The van der Waals surface area contributed by atoms with Crippen molar-refractivity contribution in [3.63, 3.8) is 0 Å². The number of fused-ring (bicyclic) bond motifs is 2. The van der Waals surface area contributed by atoms with E-state index in [2.05, 4.69) is 45.7 Å². The molecule has 2 unspecified atom stereocenters. The van der Waals surface area contributed by atoms with E-state index in [0.29, 0.717) is 0 Å². The summed E-state index contributed by atoms with van der Waals surface area (Å²) >= 11 is 8.62.